The summed E-state index contributed by atoms with van der Waals surface area (Å²) in [5, 5.41) is 50.4. The number of para-hydroxylation sites is 2. The van der Waals surface area contributed by atoms with Crippen LogP contribution in [0.2, 0.25) is 0 Å². The summed E-state index contributed by atoms with van der Waals surface area (Å²) in [6, 6.07) is 39.1. The maximum Gasteiger partial charge on any atom is 0.421 e. The molecule has 0 amide bonds. The number of anilines is 4. The van der Waals surface area contributed by atoms with Crippen LogP contribution in [0, 0.1) is 0 Å². The first-order valence-corrected chi connectivity index (χ1v) is 21.0. The molecule has 3 aromatic heterocycles. The molecule has 3 heterocycles. The van der Waals surface area contributed by atoms with E-state index >= 15 is 0 Å². The summed E-state index contributed by atoms with van der Waals surface area (Å²) in [7, 11) is 3.89. The summed E-state index contributed by atoms with van der Waals surface area (Å²) < 4.78 is 12.4. The van der Waals surface area contributed by atoms with Crippen molar-refractivity contribution in [3.63, 3.8) is 0 Å². The van der Waals surface area contributed by atoms with Gasteiger partial charge in [-0.15, -0.1) is 0 Å². The smallest absolute Gasteiger partial charge is 0.421 e. The van der Waals surface area contributed by atoms with E-state index in [0.29, 0.717) is 23.3 Å². The SMILES string of the molecule is C[n+]1ccn(CCCn2cc[n+](CCCn3cc[n+](C)c3N=Nc3c(O)ccc4cc(Nc5ccccc5)ccc34)c2)c1N=Nc1c(O)ccc2cc(Nc3ccccc3)ccc12. The molecule has 0 atom stereocenters. The van der Waals surface area contributed by atoms with Crippen molar-refractivity contribution in [1.29, 1.82) is 0 Å². The predicted molar refractivity (Wildman–Crippen MR) is 244 cm³/mol. The Morgan fingerprint density at radius 1 is 0.508 bits per heavy atom. The first kappa shape index (κ1) is 40.3. The van der Waals surface area contributed by atoms with Crippen molar-refractivity contribution < 1.29 is 23.9 Å². The Kier molecular flexibility index (Phi) is 11.7. The highest BCUT2D eigenvalue weighted by Crippen LogP contribution is 2.39. The highest BCUT2D eigenvalue weighted by molar-refractivity contribution is 5.98. The van der Waals surface area contributed by atoms with E-state index in [2.05, 4.69) is 68.1 Å². The second-order valence-electron chi connectivity index (χ2n) is 15.5. The van der Waals surface area contributed by atoms with Gasteiger partial charge in [-0.05, 0) is 83.6 Å². The molecule has 0 saturated heterocycles. The van der Waals surface area contributed by atoms with Crippen LogP contribution in [0.3, 0.4) is 0 Å². The van der Waals surface area contributed by atoms with Crippen molar-refractivity contribution >= 4 is 67.6 Å². The number of aromatic hydroxyl groups is 2. The third kappa shape index (κ3) is 9.30. The zero-order valence-corrected chi connectivity index (χ0v) is 35.2. The standard InChI is InChI=1S/C49H47N12O2/c1-56-27-31-60(48(56)54-52-46-42-19-17-40(33-36(42)15-21-44(46)62)50-38-11-5-3-6-12-38)25-9-23-58-29-30-59(35-58)24-10-26-61-32-28-57(2)49(61)55-53-47-43-20-18-41(34-37(43)16-22-45(47)63)51-39-13-7-4-8-14-39/h3-8,11-22,27-35H,9-10,23-26H2,1-2H3,(H2,50,51,52,53)/q+1/p+2. The topological polar surface area (TPSA) is 140 Å². The Bertz CT molecular complexity index is 2870. The number of rotatable bonds is 16. The molecule has 0 fully saturated rings. The Labute approximate surface area is 364 Å². The molecule has 0 bridgehead atoms. The number of phenols is 2. The number of benzene rings is 6. The van der Waals surface area contributed by atoms with E-state index in [1.54, 1.807) is 12.1 Å². The van der Waals surface area contributed by atoms with Gasteiger partial charge in [0.1, 0.15) is 23.9 Å². The maximum atomic E-state index is 10.8. The summed E-state index contributed by atoms with van der Waals surface area (Å²) in [5.74, 6) is 1.53. The molecule has 0 saturated carbocycles. The molecule has 9 rings (SSSR count). The number of hydrogen-bond acceptors (Lipinski definition) is 8. The van der Waals surface area contributed by atoms with Crippen molar-refractivity contribution in [3.05, 3.63) is 165 Å². The minimum atomic E-state index is 0.0786. The first-order chi connectivity index (χ1) is 30.8. The normalized spacial score (nSPS) is 11.7. The minimum Gasteiger partial charge on any atom is -0.506 e. The first-order valence-electron chi connectivity index (χ1n) is 21.0. The van der Waals surface area contributed by atoms with Gasteiger partial charge >= 0.3 is 11.9 Å². The molecule has 6 aromatic carbocycles. The highest BCUT2D eigenvalue weighted by Gasteiger charge is 2.19. The summed E-state index contributed by atoms with van der Waals surface area (Å²) in [5.41, 5.74) is 4.76. The van der Waals surface area contributed by atoms with Crippen molar-refractivity contribution in [2.45, 2.75) is 39.0 Å². The van der Waals surface area contributed by atoms with E-state index in [1.807, 2.05) is 157 Å². The Morgan fingerprint density at radius 3 is 1.54 bits per heavy atom. The fourth-order valence-electron chi connectivity index (χ4n) is 7.72. The quantitative estimate of drug-likeness (QED) is 0.0568. The molecule has 0 aliphatic heterocycles. The molecule has 4 N–H and O–H groups in total. The lowest BCUT2D eigenvalue weighted by Crippen LogP contribution is -2.32. The highest BCUT2D eigenvalue weighted by atomic mass is 16.3. The van der Waals surface area contributed by atoms with Gasteiger partial charge in [0, 0.05) is 56.6 Å². The summed E-state index contributed by atoms with van der Waals surface area (Å²) in [4.78, 5) is 0. The number of nitrogens with zero attached hydrogens (tertiary/aromatic N) is 10. The lowest BCUT2D eigenvalue weighted by molar-refractivity contribution is -0.697. The number of aromatic nitrogens is 6. The molecule has 0 aliphatic rings. The van der Waals surface area contributed by atoms with Crippen LogP contribution in [-0.2, 0) is 40.3 Å². The minimum absolute atomic E-state index is 0.0786. The van der Waals surface area contributed by atoms with Gasteiger partial charge in [-0.2, -0.15) is 0 Å². The molecule has 0 aliphatic carbocycles. The van der Waals surface area contributed by atoms with Gasteiger partial charge in [-0.1, -0.05) is 58.8 Å². The van der Waals surface area contributed by atoms with E-state index in [4.69, 9.17) is 0 Å². The molecule has 14 heteroatoms. The average molecular weight is 838 g/mol. The summed E-state index contributed by atoms with van der Waals surface area (Å²) >= 11 is 0. The van der Waals surface area contributed by atoms with Gasteiger partial charge in [0.2, 0.25) is 6.33 Å². The molecule has 9 aromatic rings. The lowest BCUT2D eigenvalue weighted by atomic mass is 10.1. The van der Waals surface area contributed by atoms with Crippen molar-refractivity contribution in [2.75, 3.05) is 10.6 Å². The molecular weight excluding hydrogens is 789 g/mol. The predicted octanol–water partition coefficient (Wildman–Crippen LogP) is 10.2. The Morgan fingerprint density at radius 2 is 1.02 bits per heavy atom. The van der Waals surface area contributed by atoms with Crippen LogP contribution >= 0.6 is 0 Å². The number of azo groups is 2. The number of aryl methyl sites for hydroxylation is 6. The summed E-state index contributed by atoms with van der Waals surface area (Å²) in [6.07, 6.45) is 16.1. The van der Waals surface area contributed by atoms with Crippen LogP contribution in [0.1, 0.15) is 12.8 Å². The molecule has 0 spiro atoms. The summed E-state index contributed by atoms with van der Waals surface area (Å²) in [6.45, 7) is 3.15. The third-order valence-corrected chi connectivity index (χ3v) is 11.0. The van der Waals surface area contributed by atoms with Crippen molar-refractivity contribution in [1.82, 2.24) is 13.7 Å². The second kappa shape index (κ2) is 18.2. The molecule has 14 nitrogen and oxygen atoms in total. The van der Waals surface area contributed by atoms with Crippen LogP contribution in [0.5, 0.6) is 11.5 Å². The molecule has 0 unspecified atom stereocenters. The lowest BCUT2D eigenvalue weighted by Gasteiger charge is -2.09. The molecule has 63 heavy (non-hydrogen) atoms. The third-order valence-electron chi connectivity index (χ3n) is 11.0. The van der Waals surface area contributed by atoms with E-state index in [-0.39, 0.29) is 11.5 Å². The number of phenolic OH excluding ortho intramolecular Hbond substituents is 2. The zero-order valence-electron chi connectivity index (χ0n) is 35.2. The van der Waals surface area contributed by atoms with Gasteiger partial charge in [0.05, 0.1) is 65.1 Å². The van der Waals surface area contributed by atoms with Gasteiger partial charge in [-0.25, -0.2) is 27.4 Å². The van der Waals surface area contributed by atoms with E-state index < -0.39 is 0 Å². The molecule has 314 valence electrons. The monoisotopic (exact) mass is 837 g/mol. The van der Waals surface area contributed by atoms with Gasteiger partial charge in [0.15, 0.2) is 11.4 Å². The Hall–Kier alpha value is -8.13. The largest absolute Gasteiger partial charge is 0.506 e. The van der Waals surface area contributed by atoms with Crippen LogP contribution < -0.4 is 24.3 Å². The van der Waals surface area contributed by atoms with E-state index in [9.17, 15) is 10.2 Å². The van der Waals surface area contributed by atoms with Crippen molar-refractivity contribution in [3.8, 4) is 11.5 Å². The number of hydrogen-bond donors (Lipinski definition) is 4. The Balaban J connectivity index is 0.793. The van der Waals surface area contributed by atoms with Crippen LogP contribution in [0.25, 0.3) is 21.5 Å². The van der Waals surface area contributed by atoms with Crippen molar-refractivity contribution in [2.24, 2.45) is 34.6 Å². The second-order valence-corrected chi connectivity index (χ2v) is 15.5. The van der Waals surface area contributed by atoms with E-state index in [0.717, 1.165) is 83.3 Å². The number of imidazole rings is 3. The average Bonchev–Trinajstić information content (AvgIpc) is 4.01. The number of nitrogens with one attached hydrogen (secondary N) is 2. The van der Waals surface area contributed by atoms with Crippen LogP contribution in [0.15, 0.2) is 185 Å². The fraction of sp³-hybridized carbons (Fsp3) is 0.163. The molecular formula is C49H49N12O2+3. The maximum absolute atomic E-state index is 10.8. The van der Waals surface area contributed by atoms with E-state index in [1.165, 1.54) is 0 Å². The van der Waals surface area contributed by atoms with Crippen LogP contribution in [0.4, 0.5) is 46.0 Å². The van der Waals surface area contributed by atoms with Gasteiger partial charge in [0.25, 0.3) is 0 Å². The number of fused-ring (bicyclic) bond motifs is 2. The molecule has 0 radical (unpaired) electrons. The fourth-order valence-corrected chi connectivity index (χ4v) is 7.72. The zero-order chi connectivity index (χ0) is 43.1. The van der Waals surface area contributed by atoms with Gasteiger partial charge in [-0.3, -0.25) is 0 Å². The van der Waals surface area contributed by atoms with Crippen LogP contribution in [-0.4, -0.2) is 23.9 Å². The van der Waals surface area contributed by atoms with Gasteiger partial charge < -0.3 is 20.8 Å².